The number of anilines is 1. The molecule has 164 valence electrons. The van der Waals surface area contributed by atoms with Gasteiger partial charge in [0.1, 0.15) is 11.3 Å². The summed E-state index contributed by atoms with van der Waals surface area (Å²) in [5, 5.41) is 13.9. The van der Waals surface area contributed by atoms with E-state index < -0.39 is 6.29 Å². The lowest BCUT2D eigenvalue weighted by Crippen LogP contribution is -2.19. The van der Waals surface area contributed by atoms with E-state index in [-0.39, 0.29) is 18.0 Å². The molecule has 0 fully saturated rings. The molecule has 1 amide bonds. The first-order valence-electron chi connectivity index (χ1n) is 10.6. The zero-order valence-corrected chi connectivity index (χ0v) is 17.8. The molecule has 0 bridgehead atoms. The number of nitrogens with zero attached hydrogens (tertiary/aromatic N) is 1. The number of aliphatic hydroxyl groups excluding tert-OH is 1. The van der Waals surface area contributed by atoms with Crippen LogP contribution in [0.2, 0.25) is 0 Å². The largest absolute Gasteiger partial charge is 0.368 e. The zero-order valence-electron chi connectivity index (χ0n) is 17.8. The fraction of sp³-hybridized carbons (Fsp3) is 0.200. The van der Waals surface area contributed by atoms with Gasteiger partial charge in [0.25, 0.3) is 5.91 Å². The molecule has 0 saturated carbocycles. The van der Waals surface area contributed by atoms with Crippen LogP contribution in [-0.2, 0) is 17.7 Å². The number of nitrogens with two attached hydrogens (primary N) is 1. The Kier molecular flexibility index (Phi) is 6.61. The van der Waals surface area contributed by atoms with Crippen molar-refractivity contribution < 1.29 is 14.6 Å². The summed E-state index contributed by atoms with van der Waals surface area (Å²) in [6.07, 6.45) is 1.14. The first kappa shape index (κ1) is 21.7. The van der Waals surface area contributed by atoms with Gasteiger partial charge in [0, 0.05) is 36.8 Å². The number of benzene rings is 2. The number of hydrogen-bond donors (Lipinski definition) is 4. The maximum absolute atomic E-state index is 13.1. The van der Waals surface area contributed by atoms with Crippen molar-refractivity contribution in [3.8, 4) is 11.1 Å². The molecule has 4 rings (SSSR count). The predicted octanol–water partition coefficient (Wildman–Crippen LogP) is 3.84. The maximum atomic E-state index is 13.1. The Hall–Kier alpha value is -3.52. The third-order valence-electron chi connectivity index (χ3n) is 5.25. The van der Waals surface area contributed by atoms with Crippen molar-refractivity contribution in [2.24, 2.45) is 5.73 Å². The summed E-state index contributed by atoms with van der Waals surface area (Å²) in [6, 6.07) is 19.0. The third-order valence-corrected chi connectivity index (χ3v) is 5.25. The van der Waals surface area contributed by atoms with Crippen LogP contribution < -0.4 is 11.1 Å². The number of pyridine rings is 1. The zero-order chi connectivity index (χ0) is 22.5. The summed E-state index contributed by atoms with van der Waals surface area (Å²) in [7, 11) is 0. The molecule has 32 heavy (non-hydrogen) atoms. The molecule has 1 unspecified atom stereocenters. The van der Waals surface area contributed by atoms with Crippen LogP contribution in [-0.4, -0.2) is 33.9 Å². The summed E-state index contributed by atoms with van der Waals surface area (Å²) < 4.78 is 5.23. The fourth-order valence-electron chi connectivity index (χ4n) is 3.70. The van der Waals surface area contributed by atoms with Gasteiger partial charge >= 0.3 is 0 Å². The molecule has 2 aromatic heterocycles. The van der Waals surface area contributed by atoms with Gasteiger partial charge in [-0.2, -0.15) is 0 Å². The number of H-pyrrole nitrogens is 1. The first-order chi connectivity index (χ1) is 15.6. The van der Waals surface area contributed by atoms with E-state index in [9.17, 15) is 9.90 Å². The first-order valence-corrected chi connectivity index (χ1v) is 10.6. The molecule has 0 saturated heterocycles. The number of carbonyl (C=O) groups is 1. The van der Waals surface area contributed by atoms with Crippen molar-refractivity contribution in [2.75, 3.05) is 11.9 Å². The molecule has 2 aromatic carbocycles. The third kappa shape index (κ3) is 4.70. The van der Waals surface area contributed by atoms with E-state index >= 15 is 0 Å². The summed E-state index contributed by atoms with van der Waals surface area (Å²) in [6.45, 7) is 2.66. The molecule has 7 nitrogen and oxygen atoms in total. The average molecular weight is 431 g/mol. The predicted molar refractivity (Wildman–Crippen MR) is 125 cm³/mol. The second-order valence-electron chi connectivity index (χ2n) is 7.42. The van der Waals surface area contributed by atoms with E-state index in [4.69, 9.17) is 10.5 Å². The van der Waals surface area contributed by atoms with Crippen molar-refractivity contribution in [1.29, 1.82) is 0 Å². The summed E-state index contributed by atoms with van der Waals surface area (Å²) >= 11 is 0. The standard InChI is InChI=1S/C25H26N4O3/c1-2-32-23(30)13-18-7-3-4-9-21(18)29-25(31)22-14-20(19-10-11-27-24(19)28-22)17-8-5-6-16(12-17)15-26/h3-12,14,23,30H,2,13,15,26H2,1H3,(H,27,28)(H,29,31). The lowest BCUT2D eigenvalue weighted by atomic mass is 10.00. The van der Waals surface area contributed by atoms with Crippen molar-refractivity contribution in [3.05, 3.63) is 83.7 Å². The number of amides is 1. The number of aromatic nitrogens is 2. The monoisotopic (exact) mass is 430 g/mol. The fourth-order valence-corrected chi connectivity index (χ4v) is 3.70. The minimum Gasteiger partial charge on any atom is -0.368 e. The van der Waals surface area contributed by atoms with E-state index in [2.05, 4.69) is 15.3 Å². The lowest BCUT2D eigenvalue weighted by Gasteiger charge is -2.15. The molecule has 0 spiro atoms. The Morgan fingerprint density at radius 2 is 2.03 bits per heavy atom. The molecular weight excluding hydrogens is 404 g/mol. The smallest absolute Gasteiger partial charge is 0.274 e. The van der Waals surface area contributed by atoms with Gasteiger partial charge < -0.3 is 25.9 Å². The van der Waals surface area contributed by atoms with Gasteiger partial charge in [-0.3, -0.25) is 4.79 Å². The average Bonchev–Trinajstić information content (AvgIpc) is 3.28. The van der Waals surface area contributed by atoms with Gasteiger partial charge in [0.05, 0.1) is 0 Å². The Bertz CT molecular complexity index is 1230. The van der Waals surface area contributed by atoms with Crippen LogP contribution in [0.1, 0.15) is 28.5 Å². The Morgan fingerprint density at radius 3 is 2.84 bits per heavy atom. The van der Waals surface area contributed by atoms with Gasteiger partial charge in [0.2, 0.25) is 0 Å². The Balaban J connectivity index is 1.67. The van der Waals surface area contributed by atoms with E-state index in [0.29, 0.717) is 24.5 Å². The van der Waals surface area contributed by atoms with Crippen molar-refractivity contribution >= 4 is 22.6 Å². The van der Waals surface area contributed by atoms with Gasteiger partial charge in [-0.05, 0) is 53.4 Å². The molecular formula is C25H26N4O3. The normalized spacial score (nSPS) is 12.1. The van der Waals surface area contributed by atoms with Crippen LogP contribution in [0.4, 0.5) is 5.69 Å². The molecule has 0 radical (unpaired) electrons. The van der Waals surface area contributed by atoms with Crippen molar-refractivity contribution in [3.63, 3.8) is 0 Å². The highest BCUT2D eigenvalue weighted by molar-refractivity contribution is 6.06. The van der Waals surface area contributed by atoms with E-state index in [1.165, 1.54) is 0 Å². The van der Waals surface area contributed by atoms with Gasteiger partial charge in [-0.1, -0.05) is 36.4 Å². The number of fused-ring (bicyclic) bond motifs is 1. The second kappa shape index (κ2) is 9.74. The van der Waals surface area contributed by atoms with Gasteiger partial charge in [0.15, 0.2) is 6.29 Å². The molecule has 0 aliphatic carbocycles. The molecule has 1 atom stereocenters. The molecule has 2 heterocycles. The van der Waals surface area contributed by atoms with Crippen molar-refractivity contribution in [2.45, 2.75) is 26.2 Å². The SMILES string of the molecule is CCOC(O)Cc1ccccc1NC(=O)c1cc(-c2cccc(CN)c2)c2cc[nH]c2n1. The number of nitrogens with one attached hydrogen (secondary N) is 2. The highest BCUT2D eigenvalue weighted by Gasteiger charge is 2.16. The van der Waals surface area contributed by atoms with E-state index in [1.807, 2.05) is 55.5 Å². The second-order valence-corrected chi connectivity index (χ2v) is 7.42. The van der Waals surface area contributed by atoms with Gasteiger partial charge in [-0.25, -0.2) is 4.98 Å². The van der Waals surface area contributed by atoms with Crippen LogP contribution in [0.25, 0.3) is 22.2 Å². The highest BCUT2D eigenvalue weighted by atomic mass is 16.6. The van der Waals surface area contributed by atoms with E-state index in [1.54, 1.807) is 18.3 Å². The summed E-state index contributed by atoms with van der Waals surface area (Å²) in [4.78, 5) is 20.8. The minimum absolute atomic E-state index is 0.268. The minimum atomic E-state index is -0.937. The molecule has 0 aliphatic rings. The van der Waals surface area contributed by atoms with Gasteiger partial charge in [-0.15, -0.1) is 0 Å². The van der Waals surface area contributed by atoms with Crippen LogP contribution in [0.5, 0.6) is 0 Å². The Labute approximate surface area is 186 Å². The summed E-state index contributed by atoms with van der Waals surface area (Å²) in [5.74, 6) is -0.337. The number of aromatic amines is 1. The van der Waals surface area contributed by atoms with Crippen molar-refractivity contribution in [1.82, 2.24) is 9.97 Å². The number of rotatable bonds is 8. The summed E-state index contributed by atoms with van der Waals surface area (Å²) in [5.41, 5.74) is 11.0. The quantitative estimate of drug-likeness (QED) is 0.317. The number of carbonyl (C=O) groups excluding carboxylic acids is 1. The maximum Gasteiger partial charge on any atom is 0.274 e. The van der Waals surface area contributed by atoms with Crippen LogP contribution in [0, 0.1) is 0 Å². The lowest BCUT2D eigenvalue weighted by molar-refractivity contribution is -0.0926. The number of hydrogen-bond acceptors (Lipinski definition) is 5. The van der Waals surface area contributed by atoms with Crippen LogP contribution in [0.15, 0.2) is 66.9 Å². The number of ether oxygens (including phenoxy) is 1. The van der Waals surface area contributed by atoms with Crippen LogP contribution in [0.3, 0.4) is 0 Å². The number of aliphatic hydroxyl groups is 1. The molecule has 0 aliphatic heterocycles. The Morgan fingerprint density at radius 1 is 1.19 bits per heavy atom. The topological polar surface area (TPSA) is 113 Å². The van der Waals surface area contributed by atoms with E-state index in [0.717, 1.165) is 27.6 Å². The van der Waals surface area contributed by atoms with Crippen LogP contribution >= 0.6 is 0 Å². The highest BCUT2D eigenvalue weighted by Crippen LogP contribution is 2.29. The molecule has 4 aromatic rings. The molecule has 7 heteroatoms. The number of para-hydroxylation sites is 1. The molecule has 5 N–H and O–H groups in total.